The molecule has 2 aliphatic rings. The van der Waals surface area contributed by atoms with E-state index < -0.39 is 17.8 Å². The number of piperidine rings is 1. The molecular formula is C27H34F3N5O3. The Morgan fingerprint density at radius 3 is 2.24 bits per heavy atom. The van der Waals surface area contributed by atoms with E-state index >= 15 is 0 Å². The van der Waals surface area contributed by atoms with Crippen LogP contribution in [0.3, 0.4) is 0 Å². The summed E-state index contributed by atoms with van der Waals surface area (Å²) in [5.41, 5.74) is 1.11. The average Bonchev–Trinajstić information content (AvgIpc) is 2.89. The normalized spacial score (nSPS) is 17.2. The van der Waals surface area contributed by atoms with E-state index in [0.29, 0.717) is 36.9 Å². The number of rotatable bonds is 7. The Bertz CT molecular complexity index is 1100. The molecule has 0 spiro atoms. The first-order valence-electron chi connectivity index (χ1n) is 12.9. The smallest absolute Gasteiger partial charge is 0.379 e. The molecule has 0 bridgehead atoms. The van der Waals surface area contributed by atoms with Crippen LogP contribution in [0.25, 0.3) is 0 Å². The third-order valence-corrected chi connectivity index (χ3v) is 6.91. The molecule has 0 atom stereocenters. The van der Waals surface area contributed by atoms with Crippen LogP contribution in [0.4, 0.5) is 35.0 Å². The molecule has 2 aliphatic heterocycles. The molecular weight excluding hydrogens is 499 g/mol. The van der Waals surface area contributed by atoms with Crippen LogP contribution in [0.15, 0.2) is 42.5 Å². The number of hydrogen-bond donors (Lipinski definition) is 3. The summed E-state index contributed by atoms with van der Waals surface area (Å²) in [5, 5.41) is 8.21. The van der Waals surface area contributed by atoms with Crippen LogP contribution in [-0.4, -0.2) is 69.3 Å². The first kappa shape index (κ1) is 27.7. The minimum Gasteiger partial charge on any atom is -0.379 e. The van der Waals surface area contributed by atoms with E-state index in [1.54, 1.807) is 12.1 Å². The first-order chi connectivity index (χ1) is 18.2. The first-order valence-corrected chi connectivity index (χ1v) is 12.9. The van der Waals surface area contributed by atoms with E-state index in [0.717, 1.165) is 63.4 Å². The molecule has 2 heterocycles. The maximum atomic E-state index is 13.3. The van der Waals surface area contributed by atoms with Crippen LogP contribution in [0, 0.1) is 5.92 Å². The summed E-state index contributed by atoms with van der Waals surface area (Å²) >= 11 is 0. The van der Waals surface area contributed by atoms with Crippen molar-refractivity contribution in [1.82, 2.24) is 10.2 Å². The minimum absolute atomic E-state index is 0.218. The van der Waals surface area contributed by atoms with Crippen molar-refractivity contribution in [3.63, 3.8) is 0 Å². The Hall–Kier alpha value is -3.31. The van der Waals surface area contributed by atoms with Crippen LogP contribution < -0.4 is 20.9 Å². The number of anilines is 3. The molecule has 0 radical (unpaired) electrons. The highest BCUT2D eigenvalue weighted by atomic mass is 19.4. The number of urea groups is 1. The van der Waals surface area contributed by atoms with Crippen LogP contribution >= 0.6 is 0 Å². The number of carbonyl (C=O) groups is 2. The number of morpholine rings is 1. The molecule has 3 amide bonds. The van der Waals surface area contributed by atoms with Gasteiger partial charge < -0.3 is 25.6 Å². The predicted molar refractivity (Wildman–Crippen MR) is 141 cm³/mol. The van der Waals surface area contributed by atoms with Crippen LogP contribution in [0.1, 0.15) is 35.7 Å². The fourth-order valence-electron chi connectivity index (χ4n) is 4.60. The van der Waals surface area contributed by atoms with Crippen molar-refractivity contribution in [2.75, 3.05) is 68.0 Å². The number of nitrogens with one attached hydrogen (secondary N) is 3. The van der Waals surface area contributed by atoms with E-state index in [2.05, 4.69) is 32.7 Å². The zero-order chi connectivity index (χ0) is 27.1. The lowest BCUT2D eigenvalue weighted by Gasteiger charge is -2.33. The highest BCUT2D eigenvalue weighted by molar-refractivity contribution is 6.04. The molecule has 0 aromatic heterocycles. The van der Waals surface area contributed by atoms with Crippen molar-refractivity contribution >= 4 is 29.0 Å². The van der Waals surface area contributed by atoms with Gasteiger partial charge in [-0.15, -0.1) is 0 Å². The molecule has 3 N–H and O–H groups in total. The van der Waals surface area contributed by atoms with Gasteiger partial charge in [0, 0.05) is 56.3 Å². The van der Waals surface area contributed by atoms with E-state index in [-0.39, 0.29) is 11.6 Å². The SMILES string of the molecule is CC1CCN(c2ccc(NC(=O)Nc3ccc(C(F)(F)F)cc3)cc2C(=O)NCCN2CCOCC2)CC1. The summed E-state index contributed by atoms with van der Waals surface area (Å²) in [6.07, 6.45) is -2.38. The second-order valence-corrected chi connectivity index (χ2v) is 9.77. The van der Waals surface area contributed by atoms with Crippen LogP contribution in [-0.2, 0) is 10.9 Å². The van der Waals surface area contributed by atoms with E-state index in [1.165, 1.54) is 12.1 Å². The molecule has 8 nitrogen and oxygen atoms in total. The number of halogens is 3. The summed E-state index contributed by atoms with van der Waals surface area (Å²) in [7, 11) is 0. The van der Waals surface area contributed by atoms with Crippen molar-refractivity contribution in [2.45, 2.75) is 25.9 Å². The van der Waals surface area contributed by atoms with Crippen molar-refractivity contribution < 1.29 is 27.5 Å². The van der Waals surface area contributed by atoms with Crippen LogP contribution in [0.2, 0.25) is 0 Å². The van der Waals surface area contributed by atoms with Crippen molar-refractivity contribution in [3.05, 3.63) is 53.6 Å². The Labute approximate surface area is 220 Å². The second kappa shape index (κ2) is 12.5. The molecule has 38 heavy (non-hydrogen) atoms. The molecule has 0 unspecified atom stereocenters. The van der Waals surface area contributed by atoms with Gasteiger partial charge in [-0.2, -0.15) is 13.2 Å². The number of carbonyl (C=O) groups excluding carboxylic acids is 2. The number of nitrogens with zero attached hydrogens (tertiary/aromatic N) is 2. The molecule has 2 saturated heterocycles. The van der Waals surface area contributed by atoms with Crippen LogP contribution in [0.5, 0.6) is 0 Å². The lowest BCUT2D eigenvalue weighted by Crippen LogP contribution is -2.41. The van der Waals surface area contributed by atoms with Crippen molar-refractivity contribution in [3.8, 4) is 0 Å². The standard InChI is InChI=1S/C27H34F3N5O3/c1-19-8-11-35(12-9-19)24-7-6-22(18-23(24)25(36)31-10-13-34-14-16-38-17-15-34)33-26(37)32-21-4-2-20(3-5-21)27(28,29)30/h2-7,18-19H,8-17H2,1H3,(H,31,36)(H2,32,33,37). The van der Waals surface area contributed by atoms with Gasteiger partial charge >= 0.3 is 12.2 Å². The third kappa shape index (κ3) is 7.61. The zero-order valence-corrected chi connectivity index (χ0v) is 21.4. The lowest BCUT2D eigenvalue weighted by molar-refractivity contribution is -0.137. The molecule has 11 heteroatoms. The molecule has 4 rings (SSSR count). The van der Waals surface area contributed by atoms with E-state index in [9.17, 15) is 22.8 Å². The number of amides is 3. The monoisotopic (exact) mass is 533 g/mol. The average molecular weight is 534 g/mol. The largest absolute Gasteiger partial charge is 0.416 e. The molecule has 2 fully saturated rings. The van der Waals surface area contributed by atoms with Gasteiger partial charge in [-0.1, -0.05) is 6.92 Å². The number of alkyl halides is 3. The number of benzene rings is 2. The maximum absolute atomic E-state index is 13.3. The van der Waals surface area contributed by atoms with Gasteiger partial charge in [-0.25, -0.2) is 4.79 Å². The summed E-state index contributed by atoms with van der Waals surface area (Å²) in [5.74, 6) is 0.408. The van der Waals surface area contributed by atoms with Gasteiger partial charge in [-0.05, 0) is 61.2 Å². The van der Waals surface area contributed by atoms with Gasteiger partial charge in [-0.3, -0.25) is 9.69 Å². The highest BCUT2D eigenvalue weighted by Gasteiger charge is 2.30. The second-order valence-electron chi connectivity index (χ2n) is 9.77. The van der Waals surface area contributed by atoms with Gasteiger partial charge in [0.1, 0.15) is 0 Å². The fourth-order valence-corrected chi connectivity index (χ4v) is 4.60. The molecule has 0 saturated carbocycles. The highest BCUT2D eigenvalue weighted by Crippen LogP contribution is 2.31. The topological polar surface area (TPSA) is 85.9 Å². The Morgan fingerprint density at radius 1 is 0.947 bits per heavy atom. The van der Waals surface area contributed by atoms with Gasteiger partial charge in [0.15, 0.2) is 0 Å². The molecule has 2 aromatic carbocycles. The quantitative estimate of drug-likeness (QED) is 0.483. The fraction of sp³-hybridized carbons (Fsp3) is 0.481. The third-order valence-electron chi connectivity index (χ3n) is 6.91. The van der Waals surface area contributed by atoms with Gasteiger partial charge in [0.05, 0.1) is 24.3 Å². The predicted octanol–water partition coefficient (Wildman–Crippen LogP) is 4.65. The maximum Gasteiger partial charge on any atom is 0.416 e. The van der Waals surface area contributed by atoms with E-state index in [1.807, 2.05) is 6.07 Å². The number of hydrogen-bond acceptors (Lipinski definition) is 5. The molecule has 206 valence electrons. The zero-order valence-electron chi connectivity index (χ0n) is 21.4. The summed E-state index contributed by atoms with van der Waals surface area (Å²) in [6.45, 7) is 8.16. The van der Waals surface area contributed by atoms with Gasteiger partial charge in [0.25, 0.3) is 5.91 Å². The summed E-state index contributed by atoms with van der Waals surface area (Å²) < 4.78 is 43.7. The molecule has 0 aliphatic carbocycles. The lowest BCUT2D eigenvalue weighted by atomic mass is 9.98. The number of ether oxygens (including phenoxy) is 1. The minimum atomic E-state index is -4.45. The Balaban J connectivity index is 1.43. The molecule has 2 aromatic rings. The summed E-state index contributed by atoms with van der Waals surface area (Å²) in [4.78, 5) is 30.2. The van der Waals surface area contributed by atoms with Gasteiger partial charge in [0.2, 0.25) is 0 Å². The Morgan fingerprint density at radius 2 is 1.58 bits per heavy atom. The summed E-state index contributed by atoms with van der Waals surface area (Å²) in [6, 6.07) is 8.77. The van der Waals surface area contributed by atoms with E-state index in [4.69, 9.17) is 4.74 Å². The van der Waals surface area contributed by atoms with Crippen molar-refractivity contribution in [1.29, 1.82) is 0 Å². The van der Waals surface area contributed by atoms with Crippen molar-refractivity contribution in [2.24, 2.45) is 5.92 Å². The Kier molecular flexibility index (Phi) is 9.11.